The van der Waals surface area contributed by atoms with Crippen LogP contribution >= 0.6 is 11.6 Å². The third-order valence-electron chi connectivity index (χ3n) is 3.82. The van der Waals surface area contributed by atoms with Crippen LogP contribution in [0.1, 0.15) is 30.0 Å². The second-order valence-corrected chi connectivity index (χ2v) is 5.47. The largest absolute Gasteiger partial charge is 0.464 e. The zero-order valence-electron chi connectivity index (χ0n) is 12.2. The third kappa shape index (κ3) is 2.57. The van der Waals surface area contributed by atoms with Crippen LogP contribution < -0.4 is 5.32 Å². The lowest BCUT2D eigenvalue weighted by Crippen LogP contribution is -2.17. The Morgan fingerprint density at radius 1 is 1.05 bits per heavy atom. The fourth-order valence-corrected chi connectivity index (χ4v) is 2.96. The van der Waals surface area contributed by atoms with Crippen LogP contribution in [0.4, 0.5) is 0 Å². The van der Waals surface area contributed by atoms with Crippen LogP contribution in [0.3, 0.4) is 0 Å². The van der Waals surface area contributed by atoms with Crippen LogP contribution in [0, 0.1) is 0 Å². The lowest BCUT2D eigenvalue weighted by Gasteiger charge is -2.17. The van der Waals surface area contributed by atoms with Crippen LogP contribution in [-0.4, -0.2) is 7.05 Å². The van der Waals surface area contributed by atoms with E-state index in [1.54, 1.807) is 0 Å². The Morgan fingerprint density at radius 2 is 1.81 bits per heavy atom. The maximum Gasteiger partial charge on any atom is 0.125 e. The van der Waals surface area contributed by atoms with Crippen LogP contribution in [0.2, 0.25) is 5.02 Å². The molecule has 3 rings (SSSR count). The highest BCUT2D eigenvalue weighted by Crippen LogP contribution is 2.33. The molecule has 0 fully saturated rings. The van der Waals surface area contributed by atoms with Gasteiger partial charge < -0.3 is 9.73 Å². The molecule has 0 aliphatic heterocycles. The fourth-order valence-electron chi connectivity index (χ4n) is 2.73. The summed E-state index contributed by atoms with van der Waals surface area (Å²) in [4.78, 5) is 0. The molecule has 0 aliphatic rings. The smallest absolute Gasteiger partial charge is 0.125 e. The van der Waals surface area contributed by atoms with Crippen LogP contribution in [0.25, 0.3) is 10.8 Å². The van der Waals surface area contributed by atoms with Crippen LogP contribution in [0.5, 0.6) is 0 Å². The zero-order valence-corrected chi connectivity index (χ0v) is 12.9. The summed E-state index contributed by atoms with van der Waals surface area (Å²) in [6, 6.07) is 16.3. The molecule has 1 heterocycles. The van der Waals surface area contributed by atoms with E-state index >= 15 is 0 Å². The Hall–Kier alpha value is -1.77. The van der Waals surface area contributed by atoms with Gasteiger partial charge in [0.1, 0.15) is 11.5 Å². The van der Waals surface area contributed by atoms with Crippen molar-refractivity contribution in [2.24, 2.45) is 0 Å². The number of aryl methyl sites for hydroxylation is 1. The standard InChI is InChI=1S/C18H18ClNO/c1-3-12-8-11-17(21-12)18(20-2)15-9-10-16(19)14-7-5-4-6-13(14)15/h4-11,18,20H,3H2,1-2H3. The molecule has 3 aromatic rings. The molecule has 1 unspecified atom stereocenters. The van der Waals surface area contributed by atoms with E-state index in [1.807, 2.05) is 43.4 Å². The number of hydrogen-bond acceptors (Lipinski definition) is 2. The molecule has 2 aromatic carbocycles. The lowest BCUT2D eigenvalue weighted by atomic mass is 9.97. The number of rotatable bonds is 4. The highest BCUT2D eigenvalue weighted by molar-refractivity contribution is 6.35. The van der Waals surface area contributed by atoms with E-state index < -0.39 is 0 Å². The molecule has 2 nitrogen and oxygen atoms in total. The summed E-state index contributed by atoms with van der Waals surface area (Å²) in [6.07, 6.45) is 0.901. The highest BCUT2D eigenvalue weighted by Gasteiger charge is 2.18. The molecule has 0 amide bonds. The first kappa shape index (κ1) is 14.2. The lowest BCUT2D eigenvalue weighted by molar-refractivity contribution is 0.435. The van der Waals surface area contributed by atoms with Crippen LogP contribution in [0.15, 0.2) is 52.9 Å². The average molecular weight is 300 g/mol. The molecule has 0 radical (unpaired) electrons. The van der Waals surface area contributed by atoms with Crippen molar-refractivity contribution in [3.05, 3.63) is 70.6 Å². The van der Waals surface area contributed by atoms with E-state index in [1.165, 1.54) is 5.56 Å². The van der Waals surface area contributed by atoms with Crippen molar-refractivity contribution in [2.45, 2.75) is 19.4 Å². The van der Waals surface area contributed by atoms with Crippen molar-refractivity contribution in [3.8, 4) is 0 Å². The Bertz CT molecular complexity index is 763. The molecule has 108 valence electrons. The van der Waals surface area contributed by atoms with Crippen molar-refractivity contribution >= 4 is 22.4 Å². The summed E-state index contributed by atoms with van der Waals surface area (Å²) < 4.78 is 5.92. The minimum Gasteiger partial charge on any atom is -0.464 e. The first-order valence-corrected chi connectivity index (χ1v) is 7.55. The van der Waals surface area contributed by atoms with Gasteiger partial charge in [-0.15, -0.1) is 0 Å². The van der Waals surface area contributed by atoms with E-state index in [9.17, 15) is 0 Å². The van der Waals surface area contributed by atoms with Crippen LogP contribution in [-0.2, 0) is 6.42 Å². The molecule has 0 saturated carbocycles. The number of furan rings is 1. The van der Waals surface area contributed by atoms with Gasteiger partial charge in [0.05, 0.1) is 6.04 Å². The minimum atomic E-state index is 0.0208. The SMILES string of the molecule is CCc1ccc(C(NC)c2ccc(Cl)c3ccccc23)o1. The second kappa shape index (κ2) is 5.92. The van der Waals surface area contributed by atoms with Gasteiger partial charge >= 0.3 is 0 Å². The maximum atomic E-state index is 6.31. The molecule has 0 bridgehead atoms. The van der Waals surface area contributed by atoms with E-state index in [4.69, 9.17) is 16.0 Å². The molecule has 0 saturated heterocycles. The summed E-state index contributed by atoms with van der Waals surface area (Å²) in [6.45, 7) is 2.09. The summed E-state index contributed by atoms with van der Waals surface area (Å²) >= 11 is 6.31. The fraction of sp³-hybridized carbons (Fsp3) is 0.222. The predicted octanol–water partition coefficient (Wildman–Crippen LogP) is 4.96. The average Bonchev–Trinajstić information content (AvgIpc) is 2.99. The van der Waals surface area contributed by atoms with Gasteiger partial charge in [0.15, 0.2) is 0 Å². The van der Waals surface area contributed by atoms with E-state index in [0.29, 0.717) is 0 Å². The summed E-state index contributed by atoms with van der Waals surface area (Å²) in [5.74, 6) is 1.94. The summed E-state index contributed by atoms with van der Waals surface area (Å²) in [7, 11) is 1.95. The van der Waals surface area contributed by atoms with Crippen molar-refractivity contribution in [1.82, 2.24) is 5.32 Å². The van der Waals surface area contributed by atoms with Gasteiger partial charge in [-0.1, -0.05) is 48.9 Å². The molecule has 3 heteroatoms. The van der Waals surface area contributed by atoms with Gasteiger partial charge in [0, 0.05) is 16.8 Å². The molecular formula is C18H18ClNO. The molecule has 1 N–H and O–H groups in total. The quantitative estimate of drug-likeness (QED) is 0.737. The number of benzene rings is 2. The summed E-state index contributed by atoms with van der Waals surface area (Å²) in [5.41, 5.74) is 1.18. The monoisotopic (exact) mass is 299 g/mol. The number of fused-ring (bicyclic) bond motifs is 1. The van der Waals surface area contributed by atoms with Gasteiger partial charge in [0.25, 0.3) is 0 Å². The third-order valence-corrected chi connectivity index (χ3v) is 4.15. The Balaban J connectivity index is 2.15. The first-order chi connectivity index (χ1) is 10.2. The molecule has 1 aromatic heterocycles. The highest BCUT2D eigenvalue weighted by atomic mass is 35.5. The van der Waals surface area contributed by atoms with Gasteiger partial charge in [-0.3, -0.25) is 0 Å². The Labute approximate surface area is 129 Å². The second-order valence-electron chi connectivity index (χ2n) is 5.06. The number of halogens is 1. The van der Waals surface area contributed by atoms with Gasteiger partial charge in [-0.05, 0) is 36.2 Å². The zero-order chi connectivity index (χ0) is 14.8. The van der Waals surface area contributed by atoms with Gasteiger partial charge in [0.2, 0.25) is 0 Å². The van der Waals surface area contributed by atoms with Crippen molar-refractivity contribution in [2.75, 3.05) is 7.05 Å². The number of hydrogen-bond donors (Lipinski definition) is 1. The van der Waals surface area contributed by atoms with E-state index in [2.05, 4.69) is 24.4 Å². The van der Waals surface area contributed by atoms with Crippen molar-refractivity contribution in [1.29, 1.82) is 0 Å². The predicted molar refractivity (Wildman–Crippen MR) is 87.9 cm³/mol. The van der Waals surface area contributed by atoms with Crippen molar-refractivity contribution < 1.29 is 4.42 Å². The minimum absolute atomic E-state index is 0.0208. The summed E-state index contributed by atoms with van der Waals surface area (Å²) in [5, 5.41) is 6.34. The maximum absolute atomic E-state index is 6.31. The van der Waals surface area contributed by atoms with Gasteiger partial charge in [-0.2, -0.15) is 0 Å². The molecule has 0 spiro atoms. The van der Waals surface area contributed by atoms with E-state index in [0.717, 1.165) is 33.7 Å². The normalized spacial score (nSPS) is 12.7. The molecule has 21 heavy (non-hydrogen) atoms. The molecule has 1 atom stereocenters. The van der Waals surface area contributed by atoms with Crippen molar-refractivity contribution in [3.63, 3.8) is 0 Å². The Kier molecular flexibility index (Phi) is 4.00. The van der Waals surface area contributed by atoms with Gasteiger partial charge in [-0.25, -0.2) is 0 Å². The Morgan fingerprint density at radius 3 is 2.48 bits per heavy atom. The molecule has 0 aliphatic carbocycles. The topological polar surface area (TPSA) is 25.2 Å². The first-order valence-electron chi connectivity index (χ1n) is 7.17. The van der Waals surface area contributed by atoms with E-state index in [-0.39, 0.29) is 6.04 Å². The number of nitrogens with one attached hydrogen (secondary N) is 1. The molecular weight excluding hydrogens is 282 g/mol.